The first-order valence-electron chi connectivity index (χ1n) is 5.74. The maximum absolute atomic E-state index is 13.0. The van der Waals surface area contributed by atoms with Crippen LogP contribution in [0.2, 0.25) is 0 Å². The summed E-state index contributed by atoms with van der Waals surface area (Å²) < 4.78 is 13.8. The first kappa shape index (κ1) is 13.5. The fourth-order valence-corrected chi connectivity index (χ4v) is 2.64. The predicted octanol–water partition coefficient (Wildman–Crippen LogP) is 2.63. The van der Waals surface area contributed by atoms with Crippen LogP contribution in [0, 0.1) is 5.82 Å². The number of nitrogens with one attached hydrogen (secondary N) is 1. The molecule has 0 unspecified atom stereocenters. The third-order valence-electron chi connectivity index (χ3n) is 2.71. The zero-order chi connectivity index (χ0) is 14.0. The van der Waals surface area contributed by atoms with Gasteiger partial charge in [-0.05, 0) is 36.1 Å². The van der Waals surface area contributed by atoms with Crippen molar-refractivity contribution in [2.75, 3.05) is 0 Å². The van der Waals surface area contributed by atoms with Crippen molar-refractivity contribution in [2.24, 2.45) is 0 Å². The standard InChI is InChI=1S/C13H12FNO3S/c1-2-9(13(17)18)15-12(16)11-6-7-5-8(14)3-4-10(7)19-11/h3-6,9H,2H2,1H3,(H,15,16)(H,17,18)/t9-/m0/s1. The maximum Gasteiger partial charge on any atom is 0.326 e. The van der Waals surface area contributed by atoms with E-state index in [0.29, 0.717) is 16.7 Å². The molecule has 0 saturated heterocycles. The summed E-state index contributed by atoms with van der Waals surface area (Å²) in [7, 11) is 0. The van der Waals surface area contributed by atoms with Gasteiger partial charge in [0.25, 0.3) is 5.91 Å². The summed E-state index contributed by atoms with van der Waals surface area (Å²) >= 11 is 1.21. The Labute approximate surface area is 112 Å². The number of fused-ring (bicyclic) bond motifs is 1. The van der Waals surface area contributed by atoms with Crippen LogP contribution in [0.5, 0.6) is 0 Å². The van der Waals surface area contributed by atoms with Crippen molar-refractivity contribution in [3.05, 3.63) is 35.0 Å². The topological polar surface area (TPSA) is 66.4 Å². The molecule has 1 heterocycles. The van der Waals surface area contributed by atoms with Gasteiger partial charge in [-0.2, -0.15) is 0 Å². The summed E-state index contributed by atoms with van der Waals surface area (Å²) in [5.41, 5.74) is 0. The number of carbonyl (C=O) groups is 2. The van der Waals surface area contributed by atoms with Gasteiger partial charge in [-0.25, -0.2) is 9.18 Å². The van der Waals surface area contributed by atoms with Crippen molar-refractivity contribution >= 4 is 33.3 Å². The minimum absolute atomic E-state index is 0.306. The number of amides is 1. The SMILES string of the molecule is CC[C@H](NC(=O)c1cc2cc(F)ccc2s1)C(=O)O. The minimum atomic E-state index is -1.07. The number of thiophene rings is 1. The van der Waals surface area contributed by atoms with Crippen LogP contribution < -0.4 is 5.32 Å². The summed E-state index contributed by atoms with van der Waals surface area (Å²) in [5.74, 6) is -1.88. The molecule has 100 valence electrons. The smallest absolute Gasteiger partial charge is 0.326 e. The number of aliphatic carboxylic acids is 1. The van der Waals surface area contributed by atoms with E-state index in [2.05, 4.69) is 5.32 Å². The lowest BCUT2D eigenvalue weighted by molar-refractivity contribution is -0.139. The lowest BCUT2D eigenvalue weighted by atomic mass is 10.2. The summed E-state index contributed by atoms with van der Waals surface area (Å²) in [6.07, 6.45) is 0.306. The van der Waals surface area contributed by atoms with Crippen LogP contribution in [0.4, 0.5) is 4.39 Å². The second-order valence-corrected chi connectivity index (χ2v) is 5.15. The highest BCUT2D eigenvalue weighted by Gasteiger charge is 2.19. The van der Waals surface area contributed by atoms with Gasteiger partial charge in [0.1, 0.15) is 11.9 Å². The summed E-state index contributed by atoms with van der Waals surface area (Å²) in [6, 6.07) is 4.92. The van der Waals surface area contributed by atoms with Crippen LogP contribution in [0.15, 0.2) is 24.3 Å². The Kier molecular flexibility index (Phi) is 3.80. The van der Waals surface area contributed by atoms with Gasteiger partial charge in [0.15, 0.2) is 0 Å². The number of hydrogen-bond acceptors (Lipinski definition) is 3. The van der Waals surface area contributed by atoms with Gasteiger partial charge < -0.3 is 10.4 Å². The molecule has 1 amide bonds. The molecule has 1 aromatic carbocycles. The van der Waals surface area contributed by atoms with E-state index in [9.17, 15) is 14.0 Å². The molecule has 1 atom stereocenters. The zero-order valence-electron chi connectivity index (χ0n) is 10.1. The molecule has 6 heteroatoms. The van der Waals surface area contributed by atoms with Crippen molar-refractivity contribution < 1.29 is 19.1 Å². The van der Waals surface area contributed by atoms with Crippen LogP contribution in [0.3, 0.4) is 0 Å². The van der Waals surface area contributed by atoms with E-state index in [1.807, 2.05) is 0 Å². The second kappa shape index (κ2) is 5.36. The molecule has 0 aliphatic heterocycles. The predicted molar refractivity (Wildman–Crippen MR) is 71.0 cm³/mol. The Morgan fingerprint density at radius 2 is 2.16 bits per heavy atom. The number of carboxylic acid groups (broad SMARTS) is 1. The van der Waals surface area contributed by atoms with Crippen LogP contribution >= 0.6 is 11.3 Å². The number of carboxylic acids is 1. The molecular formula is C13H12FNO3S. The lowest BCUT2D eigenvalue weighted by Crippen LogP contribution is -2.39. The Balaban J connectivity index is 2.24. The molecule has 19 heavy (non-hydrogen) atoms. The Bertz CT molecular complexity index is 638. The molecule has 0 bridgehead atoms. The van der Waals surface area contributed by atoms with E-state index < -0.39 is 17.9 Å². The molecular weight excluding hydrogens is 269 g/mol. The third kappa shape index (κ3) is 2.90. The van der Waals surface area contributed by atoms with Crippen molar-refractivity contribution in [2.45, 2.75) is 19.4 Å². The molecule has 4 nitrogen and oxygen atoms in total. The second-order valence-electron chi connectivity index (χ2n) is 4.07. The number of benzene rings is 1. The largest absolute Gasteiger partial charge is 0.480 e. The van der Waals surface area contributed by atoms with Crippen LogP contribution in [0.1, 0.15) is 23.0 Å². The summed E-state index contributed by atoms with van der Waals surface area (Å²) in [5, 5.41) is 12.0. The van der Waals surface area contributed by atoms with Crippen molar-refractivity contribution in [1.82, 2.24) is 5.32 Å². The minimum Gasteiger partial charge on any atom is -0.480 e. The highest BCUT2D eigenvalue weighted by Crippen LogP contribution is 2.26. The van der Waals surface area contributed by atoms with Gasteiger partial charge in [-0.1, -0.05) is 6.92 Å². The molecule has 0 radical (unpaired) electrons. The highest BCUT2D eigenvalue weighted by atomic mass is 32.1. The van der Waals surface area contributed by atoms with E-state index in [4.69, 9.17) is 5.11 Å². The molecule has 0 aliphatic rings. The van der Waals surface area contributed by atoms with E-state index >= 15 is 0 Å². The molecule has 2 aromatic rings. The number of rotatable bonds is 4. The molecule has 0 aliphatic carbocycles. The first-order chi connectivity index (χ1) is 9.01. The molecule has 1 aromatic heterocycles. The van der Waals surface area contributed by atoms with Gasteiger partial charge in [0.05, 0.1) is 4.88 Å². The van der Waals surface area contributed by atoms with Crippen molar-refractivity contribution in [3.63, 3.8) is 0 Å². The molecule has 2 N–H and O–H groups in total. The Hall–Kier alpha value is -1.95. The maximum atomic E-state index is 13.0. The molecule has 0 saturated carbocycles. The van der Waals surface area contributed by atoms with Crippen molar-refractivity contribution in [1.29, 1.82) is 0 Å². The number of carbonyl (C=O) groups excluding carboxylic acids is 1. The van der Waals surface area contributed by atoms with Gasteiger partial charge in [-0.3, -0.25) is 4.79 Å². The van der Waals surface area contributed by atoms with Crippen LogP contribution in [-0.4, -0.2) is 23.0 Å². The number of hydrogen-bond donors (Lipinski definition) is 2. The van der Waals surface area contributed by atoms with Crippen molar-refractivity contribution in [3.8, 4) is 0 Å². The average molecular weight is 281 g/mol. The fourth-order valence-electron chi connectivity index (χ4n) is 1.69. The van der Waals surface area contributed by atoms with Gasteiger partial charge in [0, 0.05) is 4.70 Å². The normalized spacial score (nSPS) is 12.3. The van der Waals surface area contributed by atoms with E-state index in [1.165, 1.54) is 23.5 Å². The Morgan fingerprint density at radius 3 is 2.79 bits per heavy atom. The van der Waals surface area contributed by atoms with Crippen LogP contribution in [-0.2, 0) is 4.79 Å². The summed E-state index contributed by atoms with van der Waals surface area (Å²) in [4.78, 5) is 23.1. The van der Waals surface area contributed by atoms with Gasteiger partial charge in [0.2, 0.25) is 0 Å². The molecule has 2 rings (SSSR count). The van der Waals surface area contributed by atoms with E-state index in [1.54, 1.807) is 19.1 Å². The van der Waals surface area contributed by atoms with Gasteiger partial charge >= 0.3 is 5.97 Å². The third-order valence-corrected chi connectivity index (χ3v) is 3.83. The molecule has 0 spiro atoms. The average Bonchev–Trinajstić information content (AvgIpc) is 2.78. The van der Waals surface area contributed by atoms with E-state index in [-0.39, 0.29) is 5.82 Å². The quantitative estimate of drug-likeness (QED) is 0.905. The highest BCUT2D eigenvalue weighted by molar-refractivity contribution is 7.20. The number of halogens is 1. The lowest BCUT2D eigenvalue weighted by Gasteiger charge is -2.10. The van der Waals surface area contributed by atoms with Gasteiger partial charge in [-0.15, -0.1) is 11.3 Å². The Morgan fingerprint density at radius 1 is 1.42 bits per heavy atom. The first-order valence-corrected chi connectivity index (χ1v) is 6.55. The van der Waals surface area contributed by atoms with Crippen LogP contribution in [0.25, 0.3) is 10.1 Å². The summed E-state index contributed by atoms with van der Waals surface area (Å²) in [6.45, 7) is 1.68. The molecule has 0 fully saturated rings. The zero-order valence-corrected chi connectivity index (χ0v) is 11.0. The monoisotopic (exact) mass is 281 g/mol. The fraction of sp³-hybridized carbons (Fsp3) is 0.231. The van der Waals surface area contributed by atoms with E-state index in [0.717, 1.165) is 4.70 Å².